The Kier molecular flexibility index (Phi) is 3.72. The highest BCUT2D eigenvalue weighted by Gasteiger charge is 2.15. The summed E-state index contributed by atoms with van der Waals surface area (Å²) in [6, 6.07) is -0.979. The number of nitrogens with one attached hydrogen (secondary N) is 1. The minimum Gasteiger partial charge on any atom is -0.480 e. The molecular formula is C6H9N3O2. The zero-order chi connectivity index (χ0) is 8.85. The van der Waals surface area contributed by atoms with Crippen LogP contribution in [0.3, 0.4) is 0 Å². The summed E-state index contributed by atoms with van der Waals surface area (Å²) in [6.07, 6.45) is -0.0532. The molecule has 11 heavy (non-hydrogen) atoms. The molecule has 0 saturated carbocycles. The van der Waals surface area contributed by atoms with Crippen molar-refractivity contribution in [1.29, 1.82) is 5.41 Å². The van der Waals surface area contributed by atoms with Crippen LogP contribution in [0.2, 0.25) is 0 Å². The SMILES string of the molecule is C=NC(=N)C[C@@H](N=C)C(=O)O. The summed E-state index contributed by atoms with van der Waals surface area (Å²) >= 11 is 0. The average Bonchev–Trinajstić information content (AvgIpc) is 1.99. The predicted molar refractivity (Wildman–Crippen MR) is 42.9 cm³/mol. The minimum atomic E-state index is -1.10. The summed E-state index contributed by atoms with van der Waals surface area (Å²) in [5.41, 5.74) is 0. The summed E-state index contributed by atoms with van der Waals surface area (Å²) in [6.45, 7) is 6.16. The van der Waals surface area contributed by atoms with Gasteiger partial charge in [-0.1, -0.05) is 0 Å². The maximum absolute atomic E-state index is 10.3. The van der Waals surface area contributed by atoms with Gasteiger partial charge in [0.2, 0.25) is 0 Å². The number of carbonyl (C=O) groups is 1. The van der Waals surface area contributed by atoms with Gasteiger partial charge in [0.1, 0.15) is 5.84 Å². The normalized spacial score (nSPS) is 11.6. The molecule has 0 aromatic rings. The number of carboxylic acid groups (broad SMARTS) is 1. The third kappa shape index (κ3) is 3.24. The van der Waals surface area contributed by atoms with Crippen LogP contribution in [-0.2, 0) is 4.79 Å². The topological polar surface area (TPSA) is 85.9 Å². The van der Waals surface area contributed by atoms with Crippen LogP contribution in [0.1, 0.15) is 6.42 Å². The number of carboxylic acids is 1. The molecule has 0 saturated heterocycles. The molecule has 0 amide bonds. The van der Waals surface area contributed by atoms with Gasteiger partial charge in [-0.05, 0) is 13.4 Å². The standard InChI is InChI=1S/C6H9N3O2/c1-8-4(6(10)11)3-5(7)9-2/h4,7H,1-3H2,(H,10,11)/t4-/m1/s1. The van der Waals surface area contributed by atoms with E-state index < -0.39 is 12.0 Å². The summed E-state index contributed by atoms with van der Waals surface area (Å²) in [7, 11) is 0. The van der Waals surface area contributed by atoms with Crippen molar-refractivity contribution in [3.05, 3.63) is 0 Å². The maximum Gasteiger partial charge on any atom is 0.328 e. The second-order valence-electron chi connectivity index (χ2n) is 1.85. The smallest absolute Gasteiger partial charge is 0.328 e. The van der Waals surface area contributed by atoms with E-state index >= 15 is 0 Å². The monoisotopic (exact) mass is 155 g/mol. The van der Waals surface area contributed by atoms with Gasteiger partial charge in [0.25, 0.3) is 0 Å². The van der Waals surface area contributed by atoms with E-state index in [1.807, 2.05) is 0 Å². The Morgan fingerprint density at radius 3 is 2.45 bits per heavy atom. The van der Waals surface area contributed by atoms with Gasteiger partial charge in [-0.15, -0.1) is 0 Å². The summed E-state index contributed by atoms with van der Waals surface area (Å²) < 4.78 is 0. The van der Waals surface area contributed by atoms with Gasteiger partial charge in [0, 0.05) is 6.42 Å². The number of aliphatic carboxylic acids is 1. The van der Waals surface area contributed by atoms with Gasteiger partial charge >= 0.3 is 5.97 Å². The molecule has 0 fully saturated rings. The highest BCUT2D eigenvalue weighted by Crippen LogP contribution is 1.98. The van der Waals surface area contributed by atoms with Gasteiger partial charge in [0.15, 0.2) is 6.04 Å². The first kappa shape index (κ1) is 9.48. The van der Waals surface area contributed by atoms with Crippen molar-refractivity contribution in [1.82, 2.24) is 0 Å². The van der Waals surface area contributed by atoms with Crippen LogP contribution >= 0.6 is 0 Å². The lowest BCUT2D eigenvalue weighted by Crippen LogP contribution is -2.20. The number of hydrogen-bond donors (Lipinski definition) is 2. The van der Waals surface area contributed by atoms with Gasteiger partial charge in [-0.25, -0.2) is 9.79 Å². The molecule has 5 nitrogen and oxygen atoms in total. The van der Waals surface area contributed by atoms with Crippen molar-refractivity contribution < 1.29 is 9.90 Å². The third-order valence-corrected chi connectivity index (χ3v) is 1.08. The second kappa shape index (κ2) is 4.32. The summed E-state index contributed by atoms with van der Waals surface area (Å²) in [5, 5.41) is 15.4. The Balaban J connectivity index is 4.08. The zero-order valence-electron chi connectivity index (χ0n) is 5.95. The van der Waals surface area contributed by atoms with Crippen LogP contribution in [0.15, 0.2) is 9.98 Å². The van der Waals surface area contributed by atoms with E-state index in [0.717, 1.165) is 0 Å². The molecule has 0 bridgehead atoms. The number of hydrogen-bond acceptors (Lipinski definition) is 3. The van der Waals surface area contributed by atoms with Crippen molar-refractivity contribution in [3.8, 4) is 0 Å². The van der Waals surface area contributed by atoms with E-state index in [4.69, 9.17) is 10.5 Å². The largest absolute Gasteiger partial charge is 0.480 e. The minimum absolute atomic E-state index is 0.0532. The van der Waals surface area contributed by atoms with E-state index in [1.165, 1.54) is 0 Å². The lowest BCUT2D eigenvalue weighted by atomic mass is 10.2. The summed E-state index contributed by atoms with van der Waals surface area (Å²) in [4.78, 5) is 16.8. The van der Waals surface area contributed by atoms with Gasteiger partial charge in [0.05, 0.1) is 0 Å². The molecule has 0 radical (unpaired) electrons. The third-order valence-electron chi connectivity index (χ3n) is 1.08. The molecular weight excluding hydrogens is 146 g/mol. The molecule has 0 aliphatic carbocycles. The van der Waals surface area contributed by atoms with E-state index in [-0.39, 0.29) is 12.3 Å². The molecule has 0 aliphatic heterocycles. The number of aliphatic imine (C=N–C) groups is 2. The van der Waals surface area contributed by atoms with E-state index in [2.05, 4.69) is 23.4 Å². The van der Waals surface area contributed by atoms with Crippen LogP contribution in [0.25, 0.3) is 0 Å². The van der Waals surface area contributed by atoms with Crippen LogP contribution < -0.4 is 0 Å². The number of amidine groups is 1. The zero-order valence-corrected chi connectivity index (χ0v) is 5.95. The highest BCUT2D eigenvalue weighted by atomic mass is 16.4. The molecule has 60 valence electrons. The molecule has 0 heterocycles. The van der Waals surface area contributed by atoms with Gasteiger partial charge in [-0.3, -0.25) is 10.4 Å². The lowest BCUT2D eigenvalue weighted by molar-refractivity contribution is -0.138. The molecule has 0 aliphatic rings. The Morgan fingerprint density at radius 2 is 2.18 bits per heavy atom. The molecule has 1 atom stereocenters. The second-order valence-corrected chi connectivity index (χ2v) is 1.85. The van der Waals surface area contributed by atoms with Crippen LogP contribution in [-0.4, -0.2) is 36.4 Å². The molecule has 0 unspecified atom stereocenters. The molecule has 0 spiro atoms. The molecule has 0 aromatic heterocycles. The average molecular weight is 155 g/mol. The van der Waals surface area contributed by atoms with E-state index in [1.54, 1.807) is 0 Å². The quantitative estimate of drug-likeness (QED) is 0.449. The Bertz CT molecular complexity index is 200. The maximum atomic E-state index is 10.3. The Morgan fingerprint density at radius 1 is 1.64 bits per heavy atom. The van der Waals surface area contributed by atoms with Gasteiger partial charge < -0.3 is 5.11 Å². The molecule has 0 aromatic carbocycles. The van der Waals surface area contributed by atoms with Crippen molar-refractivity contribution in [2.24, 2.45) is 9.98 Å². The van der Waals surface area contributed by atoms with Gasteiger partial charge in [-0.2, -0.15) is 0 Å². The van der Waals surface area contributed by atoms with Crippen molar-refractivity contribution >= 4 is 25.2 Å². The van der Waals surface area contributed by atoms with Crippen molar-refractivity contribution in [2.75, 3.05) is 0 Å². The Hall–Kier alpha value is -1.52. The molecule has 5 heteroatoms. The fraction of sp³-hybridized carbons (Fsp3) is 0.333. The Labute approximate surface area is 64.0 Å². The first-order valence-electron chi connectivity index (χ1n) is 2.84. The van der Waals surface area contributed by atoms with Crippen molar-refractivity contribution in [3.63, 3.8) is 0 Å². The first-order chi connectivity index (χ1) is 5.11. The first-order valence-corrected chi connectivity index (χ1v) is 2.84. The number of nitrogens with zero attached hydrogens (tertiary/aromatic N) is 2. The van der Waals surface area contributed by atoms with E-state index in [9.17, 15) is 4.79 Å². The lowest BCUT2D eigenvalue weighted by Gasteiger charge is -2.02. The van der Waals surface area contributed by atoms with Crippen LogP contribution in [0.5, 0.6) is 0 Å². The number of rotatable bonds is 4. The molecule has 0 rings (SSSR count). The fourth-order valence-corrected chi connectivity index (χ4v) is 0.478. The highest BCUT2D eigenvalue weighted by molar-refractivity contribution is 5.88. The van der Waals surface area contributed by atoms with E-state index in [0.29, 0.717) is 0 Å². The van der Waals surface area contributed by atoms with Crippen LogP contribution in [0, 0.1) is 5.41 Å². The fourth-order valence-electron chi connectivity index (χ4n) is 0.478. The summed E-state index contributed by atoms with van der Waals surface area (Å²) in [5.74, 6) is -1.20. The van der Waals surface area contributed by atoms with Crippen LogP contribution in [0.4, 0.5) is 0 Å². The van der Waals surface area contributed by atoms with Crippen molar-refractivity contribution in [2.45, 2.75) is 12.5 Å². The predicted octanol–water partition coefficient (Wildman–Crippen LogP) is 0.208. The molecule has 2 N–H and O–H groups in total.